The molecule has 2 atom stereocenters. The zero-order chi connectivity index (χ0) is 14.3. The highest BCUT2D eigenvalue weighted by Crippen LogP contribution is 2.28. The lowest BCUT2D eigenvalue weighted by Crippen LogP contribution is -2.29. The second kappa shape index (κ2) is 8.33. The average molecular weight is 283 g/mol. The molecule has 2 N–H and O–H groups in total. The van der Waals surface area contributed by atoms with Crippen molar-refractivity contribution < 1.29 is 9.84 Å². The normalized spacial score (nSPS) is 14.1. The van der Waals surface area contributed by atoms with Gasteiger partial charge in [-0.2, -0.15) is 11.8 Å². The zero-order valence-electron chi connectivity index (χ0n) is 12.3. The first-order valence-electron chi connectivity index (χ1n) is 6.79. The summed E-state index contributed by atoms with van der Waals surface area (Å²) in [5.41, 5.74) is 0.884. The van der Waals surface area contributed by atoms with Gasteiger partial charge in [0.1, 0.15) is 11.5 Å². The second-order valence-electron chi connectivity index (χ2n) is 4.70. The van der Waals surface area contributed by atoms with E-state index in [1.165, 1.54) is 11.5 Å². The number of nitrogens with one attached hydrogen (secondary N) is 1. The summed E-state index contributed by atoms with van der Waals surface area (Å²) in [5, 5.41) is 13.4. The van der Waals surface area contributed by atoms with E-state index >= 15 is 0 Å². The maximum Gasteiger partial charge on any atom is 0.120 e. The first kappa shape index (κ1) is 16.2. The minimum Gasteiger partial charge on any atom is -0.508 e. The van der Waals surface area contributed by atoms with E-state index < -0.39 is 0 Å². The SMILES string of the molecule is CCSCCC(C)NC(C)c1cc(OC)ccc1O. The van der Waals surface area contributed by atoms with Crippen molar-refractivity contribution >= 4 is 11.8 Å². The Morgan fingerprint density at radius 3 is 2.74 bits per heavy atom. The standard InChI is InChI=1S/C15H25NO2S/c1-5-19-9-8-11(2)16-12(3)14-10-13(18-4)6-7-15(14)17/h6-7,10-12,16-17H,5,8-9H2,1-4H3. The molecule has 0 saturated heterocycles. The molecule has 3 nitrogen and oxygen atoms in total. The van der Waals surface area contributed by atoms with Crippen molar-refractivity contribution in [2.75, 3.05) is 18.6 Å². The van der Waals surface area contributed by atoms with E-state index in [4.69, 9.17) is 4.74 Å². The van der Waals surface area contributed by atoms with Gasteiger partial charge in [-0.1, -0.05) is 6.92 Å². The van der Waals surface area contributed by atoms with Crippen LogP contribution < -0.4 is 10.1 Å². The molecule has 19 heavy (non-hydrogen) atoms. The summed E-state index contributed by atoms with van der Waals surface area (Å²) in [5.74, 6) is 3.42. The number of thioether (sulfide) groups is 1. The number of methoxy groups -OCH3 is 1. The fourth-order valence-electron chi connectivity index (χ4n) is 2.01. The average Bonchev–Trinajstić information content (AvgIpc) is 2.39. The molecule has 0 fully saturated rings. The van der Waals surface area contributed by atoms with Gasteiger partial charge in [0.15, 0.2) is 0 Å². The zero-order valence-corrected chi connectivity index (χ0v) is 13.1. The fourth-order valence-corrected chi connectivity index (χ4v) is 2.82. The van der Waals surface area contributed by atoms with Crippen molar-refractivity contribution in [2.24, 2.45) is 0 Å². The topological polar surface area (TPSA) is 41.5 Å². The van der Waals surface area contributed by atoms with Crippen LogP contribution in [0.15, 0.2) is 18.2 Å². The maximum absolute atomic E-state index is 9.93. The molecule has 1 rings (SSSR count). The lowest BCUT2D eigenvalue weighted by molar-refractivity contribution is 0.403. The van der Waals surface area contributed by atoms with Gasteiger partial charge in [-0.25, -0.2) is 0 Å². The predicted octanol–water partition coefficient (Wildman–Crippen LogP) is 3.58. The Hall–Kier alpha value is -0.870. The van der Waals surface area contributed by atoms with Gasteiger partial charge in [-0.15, -0.1) is 0 Å². The third-order valence-electron chi connectivity index (χ3n) is 3.14. The molecular weight excluding hydrogens is 258 g/mol. The van der Waals surface area contributed by atoms with Crippen molar-refractivity contribution in [3.8, 4) is 11.5 Å². The molecule has 0 radical (unpaired) electrons. The van der Waals surface area contributed by atoms with Gasteiger partial charge in [0.05, 0.1) is 7.11 Å². The monoisotopic (exact) mass is 283 g/mol. The number of hydrogen-bond donors (Lipinski definition) is 2. The van der Waals surface area contributed by atoms with Crippen LogP contribution in [-0.2, 0) is 0 Å². The number of phenolic OH excluding ortho intramolecular Hbond substituents is 1. The van der Waals surface area contributed by atoms with Crippen LogP contribution in [0.3, 0.4) is 0 Å². The Labute approximate surface area is 120 Å². The lowest BCUT2D eigenvalue weighted by atomic mass is 10.1. The molecule has 0 amide bonds. The van der Waals surface area contributed by atoms with Crippen LogP contribution in [0.2, 0.25) is 0 Å². The summed E-state index contributed by atoms with van der Waals surface area (Å²) in [7, 11) is 1.64. The number of hydrogen-bond acceptors (Lipinski definition) is 4. The quantitative estimate of drug-likeness (QED) is 0.716. The number of rotatable bonds is 8. The van der Waals surface area contributed by atoms with E-state index in [1.807, 2.05) is 17.8 Å². The minimum atomic E-state index is 0.108. The Bertz CT molecular complexity index is 384. The van der Waals surface area contributed by atoms with Crippen molar-refractivity contribution in [3.63, 3.8) is 0 Å². The Kier molecular flexibility index (Phi) is 7.10. The molecule has 1 aromatic carbocycles. The highest BCUT2D eigenvalue weighted by molar-refractivity contribution is 7.99. The molecule has 0 aliphatic rings. The number of aromatic hydroxyl groups is 1. The van der Waals surface area contributed by atoms with E-state index in [0.717, 1.165) is 17.7 Å². The Balaban J connectivity index is 2.59. The highest BCUT2D eigenvalue weighted by atomic mass is 32.2. The summed E-state index contributed by atoms with van der Waals surface area (Å²) >= 11 is 1.96. The molecule has 0 saturated carbocycles. The molecule has 4 heteroatoms. The summed E-state index contributed by atoms with van der Waals surface area (Å²) in [6, 6.07) is 5.88. The number of benzene rings is 1. The van der Waals surface area contributed by atoms with Gasteiger partial charge >= 0.3 is 0 Å². The molecule has 0 spiro atoms. The fraction of sp³-hybridized carbons (Fsp3) is 0.600. The second-order valence-corrected chi connectivity index (χ2v) is 6.09. The van der Waals surface area contributed by atoms with Crippen molar-refractivity contribution in [1.82, 2.24) is 5.32 Å². The van der Waals surface area contributed by atoms with Crippen LogP contribution >= 0.6 is 11.8 Å². The van der Waals surface area contributed by atoms with Crippen molar-refractivity contribution in [3.05, 3.63) is 23.8 Å². The third kappa shape index (κ3) is 5.33. The molecule has 0 heterocycles. The lowest BCUT2D eigenvalue weighted by Gasteiger charge is -2.21. The van der Waals surface area contributed by atoms with E-state index in [1.54, 1.807) is 19.2 Å². The van der Waals surface area contributed by atoms with Gasteiger partial charge in [0, 0.05) is 17.6 Å². The first-order valence-corrected chi connectivity index (χ1v) is 7.94. The molecular formula is C15H25NO2S. The van der Waals surface area contributed by atoms with Crippen LogP contribution in [-0.4, -0.2) is 29.8 Å². The first-order chi connectivity index (χ1) is 9.08. The van der Waals surface area contributed by atoms with E-state index in [9.17, 15) is 5.11 Å². The van der Waals surface area contributed by atoms with Crippen LogP contribution in [0, 0.1) is 0 Å². The highest BCUT2D eigenvalue weighted by Gasteiger charge is 2.13. The molecule has 1 aromatic rings. The van der Waals surface area contributed by atoms with Gasteiger partial charge in [-0.3, -0.25) is 0 Å². The summed E-state index contributed by atoms with van der Waals surface area (Å²) in [4.78, 5) is 0. The van der Waals surface area contributed by atoms with Gasteiger partial charge < -0.3 is 15.2 Å². The smallest absolute Gasteiger partial charge is 0.120 e. The van der Waals surface area contributed by atoms with Gasteiger partial charge in [-0.05, 0) is 50.0 Å². The van der Waals surface area contributed by atoms with Gasteiger partial charge in [0.2, 0.25) is 0 Å². The molecule has 2 unspecified atom stereocenters. The van der Waals surface area contributed by atoms with Crippen LogP contribution in [0.1, 0.15) is 38.8 Å². The van der Waals surface area contributed by atoms with Crippen molar-refractivity contribution in [2.45, 2.75) is 39.3 Å². The van der Waals surface area contributed by atoms with Gasteiger partial charge in [0.25, 0.3) is 0 Å². The van der Waals surface area contributed by atoms with Crippen molar-refractivity contribution in [1.29, 1.82) is 0 Å². The molecule has 108 valence electrons. The molecule has 0 aromatic heterocycles. The Morgan fingerprint density at radius 1 is 1.37 bits per heavy atom. The molecule has 0 bridgehead atoms. The van der Waals surface area contributed by atoms with E-state index in [2.05, 4.69) is 26.1 Å². The molecule has 0 aliphatic heterocycles. The predicted molar refractivity (Wildman–Crippen MR) is 83.3 cm³/mol. The van der Waals surface area contributed by atoms with Crippen LogP contribution in [0.5, 0.6) is 11.5 Å². The van der Waals surface area contributed by atoms with Crippen LogP contribution in [0.25, 0.3) is 0 Å². The minimum absolute atomic E-state index is 0.108. The summed E-state index contributed by atoms with van der Waals surface area (Å²) in [6.07, 6.45) is 1.13. The summed E-state index contributed by atoms with van der Waals surface area (Å²) in [6.45, 7) is 6.43. The number of ether oxygens (including phenoxy) is 1. The van der Waals surface area contributed by atoms with E-state index in [0.29, 0.717) is 11.8 Å². The largest absolute Gasteiger partial charge is 0.508 e. The van der Waals surface area contributed by atoms with E-state index in [-0.39, 0.29) is 6.04 Å². The third-order valence-corrected chi connectivity index (χ3v) is 4.07. The van der Waals surface area contributed by atoms with Crippen LogP contribution in [0.4, 0.5) is 0 Å². The Morgan fingerprint density at radius 2 is 2.11 bits per heavy atom. The summed E-state index contributed by atoms with van der Waals surface area (Å²) < 4.78 is 5.20. The number of phenols is 1. The maximum atomic E-state index is 9.93. The molecule has 0 aliphatic carbocycles.